The highest BCUT2D eigenvalue weighted by molar-refractivity contribution is 5.64. The van der Waals surface area contributed by atoms with E-state index in [1.54, 1.807) is 0 Å². The number of anilines is 2. The molecule has 0 heterocycles. The maximum atomic E-state index is 2.34. The van der Waals surface area contributed by atoms with Crippen LogP contribution in [0.5, 0.6) is 0 Å². The summed E-state index contributed by atoms with van der Waals surface area (Å²) in [6, 6.07) is 21.2. The Labute approximate surface area is 136 Å². The topological polar surface area (TPSA) is 3.24 Å². The van der Waals surface area contributed by atoms with Gasteiger partial charge in [0.15, 0.2) is 0 Å². The van der Waals surface area contributed by atoms with E-state index in [1.165, 1.54) is 49.9 Å². The fourth-order valence-electron chi connectivity index (χ4n) is 2.68. The van der Waals surface area contributed by atoms with E-state index in [0.29, 0.717) is 0 Å². The molecule has 2 aromatic carbocycles. The summed E-state index contributed by atoms with van der Waals surface area (Å²) < 4.78 is 0. The van der Waals surface area contributed by atoms with Crippen LogP contribution in [0.4, 0.5) is 11.4 Å². The summed E-state index contributed by atoms with van der Waals surface area (Å²) in [6.45, 7) is 4.61. The van der Waals surface area contributed by atoms with Gasteiger partial charge in [-0.1, -0.05) is 81.8 Å². The van der Waals surface area contributed by atoms with Crippen LogP contribution in [0, 0.1) is 6.54 Å². The maximum absolute atomic E-state index is 2.34. The smallest absolute Gasteiger partial charge is 0.0549 e. The summed E-state index contributed by atoms with van der Waals surface area (Å²) in [4.78, 5) is 2.31. The Balaban J connectivity index is 1.87. The standard InChI is InChI=1S/C21H28N/c1-2-3-4-5-6-7-14-19-22(20-15-10-8-11-16-20)21-17-12-9-13-18-21/h8-13,15-19H,2-7,14H2,1H3. The molecule has 0 bridgehead atoms. The molecular formula is C21H28N. The van der Waals surface area contributed by atoms with Gasteiger partial charge < -0.3 is 4.90 Å². The third-order valence-electron chi connectivity index (χ3n) is 3.94. The zero-order chi connectivity index (χ0) is 15.5. The van der Waals surface area contributed by atoms with E-state index in [1.807, 2.05) is 0 Å². The van der Waals surface area contributed by atoms with Gasteiger partial charge in [0.1, 0.15) is 0 Å². The first-order valence-corrected chi connectivity index (χ1v) is 8.64. The van der Waals surface area contributed by atoms with E-state index >= 15 is 0 Å². The third-order valence-corrected chi connectivity index (χ3v) is 3.94. The van der Waals surface area contributed by atoms with Crippen LogP contribution >= 0.6 is 0 Å². The average molecular weight is 294 g/mol. The van der Waals surface area contributed by atoms with Gasteiger partial charge in [-0.05, 0) is 30.7 Å². The average Bonchev–Trinajstić information content (AvgIpc) is 2.59. The SMILES string of the molecule is CCCCCCCC[CH]N(c1ccccc1)c1ccccc1. The van der Waals surface area contributed by atoms with Crippen LogP contribution in [-0.2, 0) is 0 Å². The molecular weight excluding hydrogens is 266 g/mol. The summed E-state index contributed by atoms with van der Waals surface area (Å²) in [7, 11) is 0. The minimum Gasteiger partial charge on any atom is -0.336 e. The first kappa shape index (κ1) is 16.6. The molecule has 0 amide bonds. The first-order chi connectivity index (χ1) is 10.9. The zero-order valence-electron chi connectivity index (χ0n) is 13.7. The molecule has 1 heteroatoms. The largest absolute Gasteiger partial charge is 0.336 e. The van der Waals surface area contributed by atoms with Crippen molar-refractivity contribution in [1.82, 2.24) is 0 Å². The van der Waals surface area contributed by atoms with Crippen molar-refractivity contribution in [3.05, 3.63) is 67.2 Å². The molecule has 1 nitrogen and oxygen atoms in total. The highest BCUT2D eigenvalue weighted by Crippen LogP contribution is 2.27. The molecule has 2 aromatic rings. The minimum atomic E-state index is 1.13. The molecule has 0 aliphatic heterocycles. The summed E-state index contributed by atoms with van der Waals surface area (Å²) in [5, 5.41) is 0. The molecule has 0 atom stereocenters. The van der Waals surface area contributed by atoms with Crippen LogP contribution in [0.25, 0.3) is 0 Å². The lowest BCUT2D eigenvalue weighted by atomic mass is 10.1. The van der Waals surface area contributed by atoms with Gasteiger partial charge >= 0.3 is 0 Å². The number of para-hydroxylation sites is 2. The molecule has 1 radical (unpaired) electrons. The van der Waals surface area contributed by atoms with Gasteiger partial charge in [0.2, 0.25) is 0 Å². The van der Waals surface area contributed by atoms with E-state index in [4.69, 9.17) is 0 Å². The van der Waals surface area contributed by atoms with Gasteiger partial charge in [0, 0.05) is 11.4 Å². The highest BCUT2D eigenvalue weighted by atomic mass is 15.1. The van der Waals surface area contributed by atoms with Crippen LogP contribution in [-0.4, -0.2) is 0 Å². The number of nitrogens with zero attached hydrogens (tertiary/aromatic N) is 1. The molecule has 0 aliphatic carbocycles. The Morgan fingerprint density at radius 3 is 1.73 bits per heavy atom. The van der Waals surface area contributed by atoms with Gasteiger partial charge in [-0.2, -0.15) is 0 Å². The lowest BCUT2D eigenvalue weighted by Gasteiger charge is -2.24. The van der Waals surface area contributed by atoms with Crippen molar-refractivity contribution in [2.75, 3.05) is 4.90 Å². The molecule has 0 N–H and O–H groups in total. The fraction of sp³-hybridized carbons (Fsp3) is 0.381. The first-order valence-electron chi connectivity index (χ1n) is 8.64. The van der Waals surface area contributed by atoms with Crippen molar-refractivity contribution in [2.24, 2.45) is 0 Å². The van der Waals surface area contributed by atoms with E-state index < -0.39 is 0 Å². The van der Waals surface area contributed by atoms with Gasteiger partial charge in [0.05, 0.1) is 6.54 Å². The summed E-state index contributed by atoms with van der Waals surface area (Å²) in [6.07, 6.45) is 9.21. The van der Waals surface area contributed by atoms with Gasteiger partial charge in [-0.15, -0.1) is 0 Å². The molecule has 0 aliphatic rings. The molecule has 0 fully saturated rings. The Kier molecular flexibility index (Phi) is 7.59. The Morgan fingerprint density at radius 1 is 0.682 bits per heavy atom. The van der Waals surface area contributed by atoms with Crippen molar-refractivity contribution in [2.45, 2.75) is 51.9 Å². The van der Waals surface area contributed by atoms with Crippen molar-refractivity contribution >= 4 is 11.4 Å². The molecule has 2 rings (SSSR count). The molecule has 0 spiro atoms. The van der Waals surface area contributed by atoms with Crippen molar-refractivity contribution in [1.29, 1.82) is 0 Å². The Morgan fingerprint density at radius 2 is 1.18 bits per heavy atom. The lowest BCUT2D eigenvalue weighted by molar-refractivity contribution is 0.603. The van der Waals surface area contributed by atoms with Crippen molar-refractivity contribution in [3.8, 4) is 0 Å². The number of rotatable bonds is 10. The third kappa shape index (κ3) is 5.55. The van der Waals surface area contributed by atoms with Gasteiger partial charge in [0.25, 0.3) is 0 Å². The summed E-state index contributed by atoms with van der Waals surface area (Å²) >= 11 is 0. The summed E-state index contributed by atoms with van der Waals surface area (Å²) in [5.74, 6) is 0. The second-order valence-corrected chi connectivity index (χ2v) is 5.78. The predicted octanol–water partition coefficient (Wildman–Crippen LogP) is 6.74. The molecule has 22 heavy (non-hydrogen) atoms. The van der Waals surface area contributed by atoms with Gasteiger partial charge in [-0.25, -0.2) is 0 Å². The fourth-order valence-corrected chi connectivity index (χ4v) is 2.68. The normalized spacial score (nSPS) is 10.6. The molecule has 0 aromatic heterocycles. The molecule has 117 valence electrons. The second kappa shape index (κ2) is 10.0. The highest BCUT2D eigenvalue weighted by Gasteiger charge is 2.08. The van der Waals surface area contributed by atoms with Crippen LogP contribution in [0.2, 0.25) is 0 Å². The lowest BCUT2D eigenvalue weighted by Crippen LogP contribution is -2.13. The number of hydrogen-bond acceptors (Lipinski definition) is 1. The van der Waals surface area contributed by atoms with Crippen LogP contribution in [0.15, 0.2) is 60.7 Å². The maximum Gasteiger partial charge on any atom is 0.0549 e. The minimum absolute atomic E-state index is 1.13. The monoisotopic (exact) mass is 294 g/mol. The zero-order valence-corrected chi connectivity index (χ0v) is 13.7. The molecule has 0 saturated carbocycles. The van der Waals surface area contributed by atoms with E-state index in [2.05, 4.69) is 79.0 Å². The van der Waals surface area contributed by atoms with Crippen LogP contribution < -0.4 is 4.90 Å². The quantitative estimate of drug-likeness (QED) is 0.439. The number of hydrogen-bond donors (Lipinski definition) is 0. The molecule has 0 saturated heterocycles. The second-order valence-electron chi connectivity index (χ2n) is 5.78. The van der Waals surface area contributed by atoms with Gasteiger partial charge in [-0.3, -0.25) is 0 Å². The van der Waals surface area contributed by atoms with Crippen molar-refractivity contribution < 1.29 is 0 Å². The summed E-state index contributed by atoms with van der Waals surface area (Å²) in [5.41, 5.74) is 2.47. The number of benzene rings is 2. The van der Waals surface area contributed by atoms with Crippen molar-refractivity contribution in [3.63, 3.8) is 0 Å². The van der Waals surface area contributed by atoms with Crippen LogP contribution in [0.3, 0.4) is 0 Å². The number of unbranched alkanes of at least 4 members (excludes halogenated alkanes) is 6. The predicted molar refractivity (Wildman–Crippen MR) is 97.3 cm³/mol. The Bertz CT molecular complexity index is 452. The van der Waals surface area contributed by atoms with E-state index in [-0.39, 0.29) is 0 Å². The Hall–Kier alpha value is -1.76. The van der Waals surface area contributed by atoms with Crippen LogP contribution in [0.1, 0.15) is 51.9 Å². The molecule has 0 unspecified atom stereocenters. The van der Waals surface area contributed by atoms with E-state index in [9.17, 15) is 0 Å². The van der Waals surface area contributed by atoms with E-state index in [0.717, 1.165) is 6.42 Å².